The lowest BCUT2D eigenvalue weighted by Gasteiger charge is -2.18. The number of sulfonamides is 1. The van der Waals surface area contributed by atoms with E-state index < -0.39 is 34.1 Å². The Morgan fingerprint density at radius 2 is 1.82 bits per heavy atom. The minimum atomic E-state index is -4.01. The molecule has 1 unspecified atom stereocenters. The summed E-state index contributed by atoms with van der Waals surface area (Å²) in [5, 5.41) is 18.2. The normalized spacial score (nSPS) is 14.1. The topological polar surface area (TPSA) is 130 Å². The molecule has 0 aliphatic carbocycles. The number of esters is 1. The zero-order valence-electron chi connectivity index (χ0n) is 12.1. The van der Waals surface area contributed by atoms with Crippen LogP contribution in [0.25, 0.3) is 0 Å². The van der Waals surface area contributed by atoms with Crippen LogP contribution in [0.5, 0.6) is 0 Å². The Morgan fingerprint density at radius 3 is 2.27 bits per heavy atom. The van der Waals surface area contributed by atoms with Gasteiger partial charge in [0, 0.05) is 0 Å². The summed E-state index contributed by atoms with van der Waals surface area (Å²) in [5.74, 6) is -2.12. The van der Waals surface area contributed by atoms with Crippen LogP contribution in [0.1, 0.15) is 24.2 Å². The number of hydrogen-bond acceptors (Lipinski definition) is 6. The van der Waals surface area contributed by atoms with Crippen LogP contribution in [0.2, 0.25) is 0 Å². The zero-order chi connectivity index (χ0) is 17.0. The number of aliphatic hydroxyl groups is 1. The Morgan fingerprint density at radius 1 is 1.27 bits per heavy atom. The number of rotatable bonds is 7. The van der Waals surface area contributed by atoms with Crippen LogP contribution < -0.4 is 4.72 Å². The number of aliphatic carboxylic acids is 1. The van der Waals surface area contributed by atoms with E-state index in [-0.39, 0.29) is 17.1 Å². The molecule has 0 saturated heterocycles. The molecule has 0 aliphatic heterocycles. The van der Waals surface area contributed by atoms with Crippen LogP contribution in [0.3, 0.4) is 0 Å². The lowest BCUT2D eigenvalue weighted by molar-refractivity contribution is -0.155. The molecule has 0 spiro atoms. The van der Waals surface area contributed by atoms with E-state index in [1.54, 1.807) is 6.92 Å². The molecule has 0 saturated carbocycles. The smallest absolute Gasteiger partial charge is 0.338 e. The first-order valence-corrected chi connectivity index (χ1v) is 7.81. The molecule has 0 fully saturated rings. The van der Waals surface area contributed by atoms with E-state index in [0.29, 0.717) is 0 Å². The van der Waals surface area contributed by atoms with Gasteiger partial charge in [-0.25, -0.2) is 22.7 Å². The molecule has 0 aliphatic rings. The predicted octanol–water partition coefficient (Wildman–Crippen LogP) is -0.0228. The number of ether oxygens (including phenoxy) is 1. The predicted molar refractivity (Wildman–Crippen MR) is 75.8 cm³/mol. The maximum absolute atomic E-state index is 12.0. The summed E-state index contributed by atoms with van der Waals surface area (Å²) in [4.78, 5) is 22.0. The van der Waals surface area contributed by atoms with Crippen LogP contribution in [0.15, 0.2) is 29.2 Å². The van der Waals surface area contributed by atoms with Gasteiger partial charge in [-0.2, -0.15) is 0 Å². The molecule has 8 nitrogen and oxygen atoms in total. The molecule has 0 heterocycles. The lowest BCUT2D eigenvalue weighted by Crippen LogP contribution is -2.46. The molecule has 0 amide bonds. The Kier molecular flexibility index (Phi) is 5.64. The number of benzene rings is 1. The molecule has 1 rings (SSSR count). The molecule has 0 bridgehead atoms. The number of carboxylic acid groups (broad SMARTS) is 1. The fourth-order valence-electron chi connectivity index (χ4n) is 1.38. The molecule has 9 heteroatoms. The molecular formula is C13H17NO7S. The average Bonchev–Trinajstić information content (AvgIpc) is 2.46. The van der Waals surface area contributed by atoms with Gasteiger partial charge in [-0.05, 0) is 38.1 Å². The second-order valence-electron chi connectivity index (χ2n) is 4.65. The summed E-state index contributed by atoms with van der Waals surface area (Å²) < 4.78 is 30.7. The summed E-state index contributed by atoms with van der Waals surface area (Å²) >= 11 is 0. The highest BCUT2D eigenvalue weighted by Gasteiger charge is 2.31. The molecule has 3 N–H and O–H groups in total. The van der Waals surface area contributed by atoms with Crippen molar-refractivity contribution < 1.29 is 33.0 Å². The standard InChI is InChI=1S/C13H17NO7S/c1-3-21-11(15)9-4-6-10(7-5-9)22(19,20)14-8-13(2,18)12(16)17/h4-7,14,18H,3,8H2,1-2H3,(H,16,17). The van der Waals surface area contributed by atoms with Gasteiger partial charge in [-0.1, -0.05) is 0 Å². The van der Waals surface area contributed by atoms with E-state index in [1.807, 2.05) is 4.72 Å². The fraction of sp³-hybridized carbons (Fsp3) is 0.385. The van der Waals surface area contributed by atoms with Crippen LogP contribution in [-0.2, 0) is 19.6 Å². The second-order valence-corrected chi connectivity index (χ2v) is 6.42. The fourth-order valence-corrected chi connectivity index (χ4v) is 2.51. The van der Waals surface area contributed by atoms with Gasteiger partial charge >= 0.3 is 11.9 Å². The van der Waals surface area contributed by atoms with Gasteiger partial charge in [0.2, 0.25) is 10.0 Å². The summed E-state index contributed by atoms with van der Waals surface area (Å²) in [6.45, 7) is 2.13. The van der Waals surface area contributed by atoms with E-state index >= 15 is 0 Å². The van der Waals surface area contributed by atoms with Crippen molar-refractivity contribution in [2.45, 2.75) is 24.3 Å². The van der Waals surface area contributed by atoms with Crippen molar-refractivity contribution in [3.8, 4) is 0 Å². The van der Waals surface area contributed by atoms with E-state index in [1.165, 1.54) is 24.3 Å². The van der Waals surface area contributed by atoms with Gasteiger partial charge < -0.3 is 14.9 Å². The third-order valence-corrected chi connectivity index (χ3v) is 4.16. The average molecular weight is 331 g/mol. The van der Waals surface area contributed by atoms with Crippen LogP contribution >= 0.6 is 0 Å². The van der Waals surface area contributed by atoms with Crippen molar-refractivity contribution >= 4 is 22.0 Å². The third-order valence-electron chi connectivity index (χ3n) is 2.74. The molecule has 1 aromatic rings. The first kappa shape index (κ1) is 18.1. The summed E-state index contributed by atoms with van der Waals surface area (Å²) in [7, 11) is -4.01. The highest BCUT2D eigenvalue weighted by molar-refractivity contribution is 7.89. The highest BCUT2D eigenvalue weighted by Crippen LogP contribution is 2.12. The summed E-state index contributed by atoms with van der Waals surface area (Å²) in [6, 6.07) is 4.93. The van der Waals surface area contributed by atoms with Gasteiger partial charge in [0.25, 0.3) is 0 Å². The highest BCUT2D eigenvalue weighted by atomic mass is 32.2. The number of carboxylic acids is 1. The monoisotopic (exact) mass is 331 g/mol. The SMILES string of the molecule is CCOC(=O)c1ccc(S(=O)(=O)NCC(C)(O)C(=O)O)cc1. The van der Waals surface area contributed by atoms with Gasteiger partial charge in [-0.3, -0.25) is 0 Å². The quantitative estimate of drug-likeness (QED) is 0.598. The Balaban J connectivity index is 2.86. The molecule has 22 heavy (non-hydrogen) atoms. The van der Waals surface area contributed by atoms with Gasteiger partial charge in [0.1, 0.15) is 0 Å². The molecule has 1 atom stereocenters. The van der Waals surface area contributed by atoms with E-state index in [2.05, 4.69) is 0 Å². The third kappa shape index (κ3) is 4.52. The number of hydrogen-bond donors (Lipinski definition) is 3. The first-order valence-electron chi connectivity index (χ1n) is 6.33. The summed E-state index contributed by atoms with van der Waals surface area (Å²) in [5.41, 5.74) is -2.03. The van der Waals surface area contributed by atoms with Crippen molar-refractivity contribution in [1.29, 1.82) is 0 Å². The zero-order valence-corrected chi connectivity index (χ0v) is 12.9. The minimum absolute atomic E-state index is 0.165. The number of carbonyl (C=O) groups excluding carboxylic acids is 1. The second kappa shape index (κ2) is 6.86. The maximum Gasteiger partial charge on any atom is 0.338 e. The van der Waals surface area contributed by atoms with Crippen LogP contribution in [-0.4, -0.2) is 49.3 Å². The van der Waals surface area contributed by atoms with Crippen molar-refractivity contribution in [1.82, 2.24) is 4.72 Å². The molecule has 122 valence electrons. The minimum Gasteiger partial charge on any atom is -0.479 e. The van der Waals surface area contributed by atoms with Crippen molar-refractivity contribution in [2.24, 2.45) is 0 Å². The van der Waals surface area contributed by atoms with E-state index in [9.17, 15) is 23.1 Å². The molecule has 0 aromatic heterocycles. The maximum atomic E-state index is 12.0. The first-order chi connectivity index (χ1) is 10.1. The van der Waals surface area contributed by atoms with Crippen LogP contribution in [0.4, 0.5) is 0 Å². The largest absolute Gasteiger partial charge is 0.479 e. The van der Waals surface area contributed by atoms with Crippen LogP contribution in [0, 0.1) is 0 Å². The molecular weight excluding hydrogens is 314 g/mol. The Bertz CT molecular complexity index is 649. The number of nitrogens with one attached hydrogen (secondary N) is 1. The van der Waals surface area contributed by atoms with Crippen molar-refractivity contribution in [2.75, 3.05) is 13.2 Å². The van der Waals surface area contributed by atoms with Gasteiger partial charge in [0.15, 0.2) is 5.60 Å². The molecule has 1 aromatic carbocycles. The lowest BCUT2D eigenvalue weighted by atomic mass is 10.1. The van der Waals surface area contributed by atoms with E-state index in [0.717, 1.165) is 6.92 Å². The van der Waals surface area contributed by atoms with E-state index in [4.69, 9.17) is 9.84 Å². The Labute approximate surface area is 127 Å². The van der Waals surface area contributed by atoms with Gasteiger partial charge in [0.05, 0.1) is 23.6 Å². The summed E-state index contributed by atoms with van der Waals surface area (Å²) in [6.07, 6.45) is 0. The molecule has 0 radical (unpaired) electrons. The Hall–Kier alpha value is -1.97. The van der Waals surface area contributed by atoms with Crippen molar-refractivity contribution in [3.05, 3.63) is 29.8 Å². The van der Waals surface area contributed by atoms with Crippen molar-refractivity contribution in [3.63, 3.8) is 0 Å². The van der Waals surface area contributed by atoms with Gasteiger partial charge in [-0.15, -0.1) is 0 Å². The number of carbonyl (C=O) groups is 2.